The fraction of sp³-hybridized carbons (Fsp3) is 0.324. The molecule has 1 fully saturated rings. The van der Waals surface area contributed by atoms with E-state index in [1.165, 1.54) is 0 Å². The molecule has 3 amide bonds. The van der Waals surface area contributed by atoms with Gasteiger partial charge in [-0.1, -0.05) is 92.2 Å². The molecule has 41 heavy (non-hydrogen) atoms. The van der Waals surface area contributed by atoms with Crippen molar-refractivity contribution in [2.45, 2.75) is 65.3 Å². The number of hydrogen-bond acceptors (Lipinski definition) is 5. The summed E-state index contributed by atoms with van der Waals surface area (Å²) >= 11 is 0. The van der Waals surface area contributed by atoms with Gasteiger partial charge in [-0.3, -0.25) is 4.79 Å². The van der Waals surface area contributed by atoms with Gasteiger partial charge in [0.05, 0.1) is 6.04 Å². The summed E-state index contributed by atoms with van der Waals surface area (Å²) < 4.78 is 12.3. The minimum absolute atomic E-state index is 0.0335. The number of hydrogen-bond donors (Lipinski definition) is 1. The van der Waals surface area contributed by atoms with Crippen LogP contribution in [0.2, 0.25) is 0 Å². The summed E-state index contributed by atoms with van der Waals surface area (Å²) in [5.74, 6) is -0.915. The number of amides is 3. The zero-order valence-electron chi connectivity index (χ0n) is 24.2. The standard InChI is InChI=1S/C34H38N2O5/c1-6-13-29(27-20-18-24(4)19-21-27)35-32(39)36-30(37)33(7-2,8-3)34(36,41-28-17-12-14-25(5)22-28)31(38)40-23-26-15-10-9-11-16-26/h6,9-12,14-22,29H,1,7-8,13,23H2,2-5H3,(H,35,39)/t29?,34-/m1/s1. The summed E-state index contributed by atoms with van der Waals surface area (Å²) in [6.07, 6.45) is 2.67. The van der Waals surface area contributed by atoms with Crippen molar-refractivity contribution < 1.29 is 23.9 Å². The number of β-lactam (4-membered cyclic amide) rings is 1. The van der Waals surface area contributed by atoms with Gasteiger partial charge in [-0.05, 0) is 61.9 Å². The Labute approximate surface area is 242 Å². The average Bonchev–Trinajstić information content (AvgIpc) is 2.97. The van der Waals surface area contributed by atoms with Gasteiger partial charge in [0.25, 0.3) is 0 Å². The number of nitrogens with zero attached hydrogens (tertiary/aromatic N) is 1. The van der Waals surface area contributed by atoms with Gasteiger partial charge in [0.2, 0.25) is 5.91 Å². The third-order valence-electron chi connectivity index (χ3n) is 7.91. The second-order valence-electron chi connectivity index (χ2n) is 10.5. The van der Waals surface area contributed by atoms with E-state index in [1.54, 1.807) is 24.3 Å². The normalized spacial score (nSPS) is 18.1. The molecule has 214 valence electrons. The quantitative estimate of drug-likeness (QED) is 0.160. The molecule has 0 radical (unpaired) electrons. The van der Waals surface area contributed by atoms with Gasteiger partial charge >= 0.3 is 17.7 Å². The van der Waals surface area contributed by atoms with Crippen LogP contribution < -0.4 is 10.1 Å². The van der Waals surface area contributed by atoms with Crippen LogP contribution in [0.4, 0.5) is 4.79 Å². The Morgan fingerprint density at radius 1 is 0.951 bits per heavy atom. The lowest BCUT2D eigenvalue weighted by atomic mass is 9.63. The fourth-order valence-corrected chi connectivity index (χ4v) is 5.53. The van der Waals surface area contributed by atoms with Gasteiger partial charge in [0.15, 0.2) is 0 Å². The summed E-state index contributed by atoms with van der Waals surface area (Å²) in [4.78, 5) is 43.0. The minimum atomic E-state index is -2.01. The maximum absolute atomic E-state index is 14.2. The second kappa shape index (κ2) is 12.4. The van der Waals surface area contributed by atoms with Crippen LogP contribution in [-0.2, 0) is 20.9 Å². The highest BCUT2D eigenvalue weighted by molar-refractivity contribution is 6.12. The molecule has 2 atom stereocenters. The van der Waals surface area contributed by atoms with E-state index in [4.69, 9.17) is 9.47 Å². The Balaban J connectivity index is 1.77. The molecule has 1 saturated heterocycles. The van der Waals surface area contributed by atoms with E-state index < -0.39 is 35.1 Å². The first-order valence-electron chi connectivity index (χ1n) is 14.0. The minimum Gasteiger partial charge on any atom is -0.456 e. The number of benzene rings is 3. The molecule has 0 spiro atoms. The van der Waals surface area contributed by atoms with Gasteiger partial charge in [0.1, 0.15) is 17.8 Å². The van der Waals surface area contributed by atoms with Crippen LogP contribution in [0.3, 0.4) is 0 Å². The number of carbonyl (C=O) groups is 3. The predicted octanol–water partition coefficient (Wildman–Crippen LogP) is 6.80. The van der Waals surface area contributed by atoms with Crippen molar-refractivity contribution in [3.63, 3.8) is 0 Å². The van der Waals surface area contributed by atoms with E-state index in [1.807, 2.05) is 88.4 Å². The van der Waals surface area contributed by atoms with E-state index in [0.717, 1.165) is 27.2 Å². The Hall–Kier alpha value is -4.39. The first-order chi connectivity index (χ1) is 19.7. The Morgan fingerprint density at radius 3 is 2.24 bits per heavy atom. The molecule has 0 aromatic heterocycles. The fourth-order valence-electron chi connectivity index (χ4n) is 5.53. The highest BCUT2D eigenvalue weighted by atomic mass is 16.6. The maximum atomic E-state index is 14.2. The predicted molar refractivity (Wildman–Crippen MR) is 158 cm³/mol. The lowest BCUT2D eigenvalue weighted by molar-refractivity contribution is -0.245. The average molecular weight is 555 g/mol. The maximum Gasteiger partial charge on any atom is 0.374 e. The molecule has 1 N–H and O–H groups in total. The van der Waals surface area contributed by atoms with E-state index in [9.17, 15) is 14.4 Å². The largest absolute Gasteiger partial charge is 0.456 e. The van der Waals surface area contributed by atoms with E-state index in [0.29, 0.717) is 12.2 Å². The van der Waals surface area contributed by atoms with Crippen LogP contribution in [0.15, 0.2) is 91.5 Å². The van der Waals surface area contributed by atoms with Crippen LogP contribution in [0, 0.1) is 19.3 Å². The number of likely N-dealkylation sites (tertiary alicyclic amines) is 1. The molecule has 7 heteroatoms. The van der Waals surface area contributed by atoms with Gasteiger partial charge < -0.3 is 14.8 Å². The monoisotopic (exact) mass is 554 g/mol. The van der Waals surface area contributed by atoms with Crippen LogP contribution in [-0.4, -0.2) is 28.5 Å². The van der Waals surface area contributed by atoms with Gasteiger partial charge in [-0.25, -0.2) is 14.5 Å². The molecule has 1 heterocycles. The Morgan fingerprint density at radius 2 is 1.63 bits per heavy atom. The number of aryl methyl sites for hydroxylation is 2. The molecule has 1 aliphatic heterocycles. The van der Waals surface area contributed by atoms with Gasteiger partial charge in [-0.15, -0.1) is 6.58 Å². The van der Waals surface area contributed by atoms with Crippen molar-refractivity contribution in [2.24, 2.45) is 5.41 Å². The van der Waals surface area contributed by atoms with Crippen molar-refractivity contribution in [3.05, 3.63) is 114 Å². The second-order valence-corrected chi connectivity index (χ2v) is 10.5. The first kappa shape index (κ1) is 29.6. The first-order valence-corrected chi connectivity index (χ1v) is 14.0. The Bertz CT molecular complexity index is 1400. The van der Waals surface area contributed by atoms with Gasteiger partial charge in [0, 0.05) is 0 Å². The molecule has 0 bridgehead atoms. The zero-order chi connectivity index (χ0) is 29.6. The van der Waals surface area contributed by atoms with Crippen LogP contribution in [0.1, 0.15) is 61.4 Å². The topological polar surface area (TPSA) is 84.9 Å². The number of esters is 1. The molecular weight excluding hydrogens is 516 g/mol. The number of imide groups is 1. The third-order valence-corrected chi connectivity index (χ3v) is 7.91. The van der Waals surface area contributed by atoms with Crippen molar-refractivity contribution in [1.82, 2.24) is 10.2 Å². The van der Waals surface area contributed by atoms with Crippen LogP contribution in [0.5, 0.6) is 5.75 Å². The third kappa shape index (κ3) is 5.49. The van der Waals surface area contributed by atoms with Crippen LogP contribution >= 0.6 is 0 Å². The van der Waals surface area contributed by atoms with Crippen molar-refractivity contribution in [2.75, 3.05) is 0 Å². The summed E-state index contributed by atoms with van der Waals surface area (Å²) in [6, 6.07) is 23.0. The van der Waals surface area contributed by atoms with Crippen molar-refractivity contribution in [3.8, 4) is 5.75 Å². The molecule has 4 rings (SSSR count). The zero-order valence-corrected chi connectivity index (χ0v) is 24.2. The lowest BCUT2D eigenvalue weighted by Gasteiger charge is -2.59. The molecule has 0 saturated carbocycles. The molecule has 7 nitrogen and oxygen atoms in total. The summed E-state index contributed by atoms with van der Waals surface area (Å²) in [5, 5.41) is 2.96. The number of urea groups is 1. The molecule has 3 aromatic carbocycles. The molecular formula is C34H38N2O5. The Kier molecular flexibility index (Phi) is 8.96. The van der Waals surface area contributed by atoms with E-state index in [-0.39, 0.29) is 19.4 Å². The molecule has 0 aliphatic carbocycles. The van der Waals surface area contributed by atoms with E-state index in [2.05, 4.69) is 11.9 Å². The van der Waals surface area contributed by atoms with E-state index >= 15 is 0 Å². The lowest BCUT2D eigenvalue weighted by Crippen LogP contribution is -2.85. The summed E-state index contributed by atoms with van der Waals surface area (Å²) in [7, 11) is 0. The number of carbonyl (C=O) groups excluding carboxylic acids is 3. The summed E-state index contributed by atoms with van der Waals surface area (Å²) in [5.41, 5.74) is 0.299. The van der Waals surface area contributed by atoms with Crippen LogP contribution in [0.25, 0.3) is 0 Å². The number of ether oxygens (including phenoxy) is 2. The molecule has 3 aromatic rings. The smallest absolute Gasteiger partial charge is 0.374 e. The summed E-state index contributed by atoms with van der Waals surface area (Å²) in [6.45, 7) is 11.3. The SMILES string of the molecule is C=CCC(NC(=O)N1C(=O)C(CC)(CC)[C@]1(Oc1cccc(C)c1)C(=O)OCc1ccccc1)c1ccc(C)cc1. The highest BCUT2D eigenvalue weighted by Crippen LogP contribution is 2.55. The molecule has 1 unspecified atom stereocenters. The van der Waals surface area contributed by atoms with Crippen molar-refractivity contribution in [1.29, 1.82) is 0 Å². The molecule has 1 aliphatic rings. The number of rotatable bonds is 11. The highest BCUT2D eigenvalue weighted by Gasteiger charge is 2.79. The van der Waals surface area contributed by atoms with Gasteiger partial charge in [-0.2, -0.15) is 0 Å². The van der Waals surface area contributed by atoms with Crippen molar-refractivity contribution >= 4 is 17.9 Å². The number of nitrogens with one attached hydrogen (secondary N) is 1.